The summed E-state index contributed by atoms with van der Waals surface area (Å²) < 4.78 is 0. The fourth-order valence-electron chi connectivity index (χ4n) is 5.05. The van der Waals surface area contributed by atoms with Crippen LogP contribution >= 0.6 is 0 Å². The van der Waals surface area contributed by atoms with Crippen LogP contribution in [0.2, 0.25) is 0 Å². The summed E-state index contributed by atoms with van der Waals surface area (Å²) in [6, 6.07) is 15.2. The number of phenols is 2. The number of unbranched alkanes of at least 4 members (excludes halogenated alkanes) is 2. The summed E-state index contributed by atoms with van der Waals surface area (Å²) in [6.45, 7) is 2.25. The number of hydrogen-bond donors (Lipinski definition) is 2. The minimum atomic E-state index is 0. The van der Waals surface area contributed by atoms with Crippen molar-refractivity contribution in [3.05, 3.63) is 65.2 Å². The van der Waals surface area contributed by atoms with Crippen LogP contribution in [-0.4, -0.2) is 10.2 Å². The molecule has 0 amide bonds. The molecule has 0 bridgehead atoms. The third kappa shape index (κ3) is 8.01. The third-order valence-corrected chi connectivity index (χ3v) is 6.78. The van der Waals surface area contributed by atoms with Crippen molar-refractivity contribution in [2.24, 2.45) is 5.92 Å². The molecule has 2 saturated carbocycles. The van der Waals surface area contributed by atoms with E-state index in [1.165, 1.54) is 82.6 Å². The van der Waals surface area contributed by atoms with Gasteiger partial charge in [0, 0.05) is 17.1 Å². The number of hydrogen-bond acceptors (Lipinski definition) is 2. The Hall–Kier alpha value is -1.70. The maximum Gasteiger partial charge on any atom is 0.115 e. The van der Waals surface area contributed by atoms with Gasteiger partial charge < -0.3 is 10.2 Å². The summed E-state index contributed by atoms with van der Waals surface area (Å²) in [5.41, 5.74) is 5.18. The first-order valence-corrected chi connectivity index (χ1v) is 12.5. The maximum atomic E-state index is 9.72. The molecule has 0 atom stereocenters. The van der Waals surface area contributed by atoms with E-state index < -0.39 is 0 Å². The van der Waals surface area contributed by atoms with E-state index in [1.807, 2.05) is 24.3 Å². The topological polar surface area (TPSA) is 40.5 Å². The Kier molecular flexibility index (Phi) is 12.0. The van der Waals surface area contributed by atoms with Crippen LogP contribution in [-0.2, 0) is 17.1 Å². The minimum absolute atomic E-state index is 0. The summed E-state index contributed by atoms with van der Waals surface area (Å²) >= 11 is 0. The largest absolute Gasteiger partial charge is 0.508 e. The van der Waals surface area contributed by atoms with Gasteiger partial charge in [0.2, 0.25) is 0 Å². The summed E-state index contributed by atoms with van der Waals surface area (Å²) in [6.07, 6.45) is 17.5. The van der Waals surface area contributed by atoms with Crippen LogP contribution in [0.1, 0.15) is 102 Å². The normalized spacial score (nSPS) is 15.5. The van der Waals surface area contributed by atoms with E-state index in [0.717, 1.165) is 17.5 Å². The molecule has 0 spiro atoms. The first-order chi connectivity index (χ1) is 15.2. The molecule has 2 N–H and O–H groups in total. The molecular weight excluding hydrogens is 436 g/mol. The van der Waals surface area contributed by atoms with Crippen molar-refractivity contribution in [3.63, 3.8) is 0 Å². The quantitative estimate of drug-likeness (QED) is 0.310. The number of aromatic hydroxyl groups is 2. The number of phenolic OH excluding ortho intramolecular Hbond substituents is 2. The monoisotopic (exact) mass is 476 g/mol. The van der Waals surface area contributed by atoms with Crippen LogP contribution in [0.15, 0.2) is 54.1 Å². The predicted octanol–water partition coefficient (Wildman–Crippen LogP) is 8.62. The first-order valence-electron chi connectivity index (χ1n) is 12.5. The van der Waals surface area contributed by atoms with Gasteiger partial charge in [-0.15, -0.1) is 0 Å². The van der Waals surface area contributed by atoms with Crippen LogP contribution in [0, 0.1) is 5.92 Å². The van der Waals surface area contributed by atoms with E-state index >= 15 is 0 Å². The molecule has 4 rings (SSSR count). The predicted molar refractivity (Wildman–Crippen MR) is 131 cm³/mol. The molecule has 3 heteroatoms. The molecule has 2 nitrogen and oxygen atoms in total. The van der Waals surface area contributed by atoms with Crippen molar-refractivity contribution in [3.8, 4) is 11.5 Å². The van der Waals surface area contributed by atoms with E-state index in [-0.39, 0.29) is 17.1 Å². The van der Waals surface area contributed by atoms with E-state index in [2.05, 4.69) is 6.92 Å². The molecule has 2 aliphatic rings. The minimum Gasteiger partial charge on any atom is -0.508 e. The van der Waals surface area contributed by atoms with Gasteiger partial charge in [0.1, 0.15) is 11.5 Å². The summed E-state index contributed by atoms with van der Waals surface area (Å²) in [4.78, 5) is 0. The van der Waals surface area contributed by atoms with Gasteiger partial charge in [-0.3, -0.25) is 0 Å². The van der Waals surface area contributed by atoms with Crippen LogP contribution in [0.5, 0.6) is 11.5 Å². The number of allylic oxidation sites excluding steroid dienone is 1. The van der Waals surface area contributed by atoms with E-state index in [9.17, 15) is 10.2 Å². The molecule has 176 valence electrons. The van der Waals surface area contributed by atoms with Gasteiger partial charge in [-0.05, 0) is 72.6 Å². The zero-order valence-electron chi connectivity index (χ0n) is 19.6. The molecular formula is C29H40FeO2. The van der Waals surface area contributed by atoms with Crippen molar-refractivity contribution in [2.75, 3.05) is 0 Å². The van der Waals surface area contributed by atoms with Crippen LogP contribution < -0.4 is 0 Å². The Balaban J connectivity index is 0.000000534. The second-order valence-electron chi connectivity index (χ2n) is 9.20. The van der Waals surface area contributed by atoms with Gasteiger partial charge in [-0.2, -0.15) is 0 Å². The standard InChI is InChI=1S/C24H30O2.C5H10.Fe/c1-2-3-4-9-23(18-7-5-6-8-18)24(19-10-14-21(25)15-11-19)20-12-16-22(26)17-13-20;1-2-4-5-3-1;/h10-18,25-26H,2-9H2,1H3;1-5H2;. The third-order valence-electron chi connectivity index (χ3n) is 6.78. The zero-order valence-corrected chi connectivity index (χ0v) is 20.7. The molecule has 0 heterocycles. The molecule has 0 saturated heterocycles. The molecule has 0 radical (unpaired) electrons. The van der Waals surface area contributed by atoms with Gasteiger partial charge in [0.05, 0.1) is 0 Å². The average Bonchev–Trinajstić information content (AvgIpc) is 3.52. The smallest absolute Gasteiger partial charge is 0.115 e. The Labute approximate surface area is 205 Å². The van der Waals surface area contributed by atoms with E-state index in [4.69, 9.17) is 0 Å². The Morgan fingerprint density at radius 1 is 0.688 bits per heavy atom. The maximum absolute atomic E-state index is 9.72. The fourth-order valence-corrected chi connectivity index (χ4v) is 5.05. The Morgan fingerprint density at radius 2 is 1.12 bits per heavy atom. The summed E-state index contributed by atoms with van der Waals surface area (Å²) in [5, 5.41) is 19.4. The molecule has 0 aliphatic heterocycles. The van der Waals surface area contributed by atoms with Crippen LogP contribution in [0.25, 0.3) is 5.57 Å². The summed E-state index contributed by atoms with van der Waals surface area (Å²) in [5.74, 6) is 1.25. The Bertz CT molecular complexity index is 743. The van der Waals surface area contributed by atoms with E-state index in [1.54, 1.807) is 29.8 Å². The van der Waals surface area contributed by atoms with Crippen molar-refractivity contribution in [1.29, 1.82) is 0 Å². The second-order valence-corrected chi connectivity index (χ2v) is 9.20. The van der Waals surface area contributed by atoms with Gasteiger partial charge in [-0.1, -0.05) is 94.5 Å². The molecule has 2 aromatic carbocycles. The molecule has 2 fully saturated rings. The van der Waals surface area contributed by atoms with Gasteiger partial charge in [0.15, 0.2) is 0 Å². The van der Waals surface area contributed by atoms with Crippen molar-refractivity contribution in [2.45, 2.75) is 90.4 Å². The van der Waals surface area contributed by atoms with Crippen molar-refractivity contribution >= 4 is 5.57 Å². The summed E-state index contributed by atoms with van der Waals surface area (Å²) in [7, 11) is 0. The molecule has 2 aromatic rings. The van der Waals surface area contributed by atoms with Gasteiger partial charge in [0.25, 0.3) is 0 Å². The van der Waals surface area contributed by atoms with Gasteiger partial charge in [-0.25, -0.2) is 0 Å². The van der Waals surface area contributed by atoms with Crippen molar-refractivity contribution in [1.82, 2.24) is 0 Å². The molecule has 32 heavy (non-hydrogen) atoms. The number of rotatable bonds is 7. The number of benzene rings is 2. The SMILES string of the molecule is C1CCCC1.CCCCCC(=C(c1ccc(O)cc1)c1ccc(O)cc1)C1CCCC1.[Fe]. The van der Waals surface area contributed by atoms with Gasteiger partial charge >= 0.3 is 0 Å². The van der Waals surface area contributed by atoms with E-state index in [0.29, 0.717) is 17.4 Å². The zero-order chi connectivity index (χ0) is 21.9. The fraction of sp³-hybridized carbons (Fsp3) is 0.517. The molecule has 0 unspecified atom stereocenters. The van der Waals surface area contributed by atoms with Crippen molar-refractivity contribution < 1.29 is 27.3 Å². The second kappa shape index (κ2) is 14.4. The van der Waals surface area contributed by atoms with Crippen LogP contribution in [0.3, 0.4) is 0 Å². The molecule has 2 aliphatic carbocycles. The first kappa shape index (κ1) is 26.6. The average molecular weight is 476 g/mol. The van der Waals surface area contributed by atoms with Crippen LogP contribution in [0.4, 0.5) is 0 Å². The molecule has 0 aromatic heterocycles. The Morgan fingerprint density at radius 3 is 1.53 bits per heavy atom.